The van der Waals surface area contributed by atoms with Crippen molar-refractivity contribution < 1.29 is 4.79 Å². The maximum Gasteiger partial charge on any atom is 0.249 e. The molecule has 3 aromatic rings. The molecule has 1 amide bonds. The van der Waals surface area contributed by atoms with Gasteiger partial charge < -0.3 is 16.4 Å². The van der Waals surface area contributed by atoms with Crippen LogP contribution in [-0.2, 0) is 0 Å². The number of nitrogens with zero attached hydrogens (tertiary/aromatic N) is 2. The van der Waals surface area contributed by atoms with Crippen molar-refractivity contribution in [3.05, 3.63) is 41.3 Å². The summed E-state index contributed by atoms with van der Waals surface area (Å²) in [6.45, 7) is 2.34. The van der Waals surface area contributed by atoms with E-state index in [1.54, 1.807) is 11.4 Å². The number of carbonyl (C=O) groups is 1. The number of nitrogens with two attached hydrogens (primary N) is 1. The molecule has 1 fully saturated rings. The van der Waals surface area contributed by atoms with E-state index >= 15 is 0 Å². The average Bonchev–Trinajstić information content (AvgIpc) is 3.35. The topological polar surface area (TPSA) is 92.9 Å². The smallest absolute Gasteiger partial charge is 0.249 e. The van der Waals surface area contributed by atoms with E-state index in [9.17, 15) is 4.79 Å². The van der Waals surface area contributed by atoms with Crippen LogP contribution in [0.15, 0.2) is 35.7 Å². The van der Waals surface area contributed by atoms with E-state index in [-0.39, 0.29) is 0 Å². The fourth-order valence-electron chi connectivity index (χ4n) is 3.36. The summed E-state index contributed by atoms with van der Waals surface area (Å²) in [7, 11) is 0. The Bertz CT molecular complexity index is 942. The van der Waals surface area contributed by atoms with E-state index in [2.05, 4.69) is 39.9 Å². The molecule has 28 heavy (non-hydrogen) atoms. The molecule has 0 radical (unpaired) electrons. The lowest BCUT2D eigenvalue weighted by molar-refractivity contribution is 0.100. The number of anilines is 3. The second-order valence-electron chi connectivity index (χ2n) is 7.28. The molecule has 4 N–H and O–H groups in total. The van der Waals surface area contributed by atoms with E-state index in [0.717, 1.165) is 27.2 Å². The second kappa shape index (κ2) is 8.28. The summed E-state index contributed by atoms with van der Waals surface area (Å²) in [5.74, 6) is 0.430. The van der Waals surface area contributed by atoms with Gasteiger partial charge in [-0.3, -0.25) is 4.79 Å². The Morgan fingerprint density at radius 1 is 1.11 bits per heavy atom. The third-order valence-electron chi connectivity index (χ3n) is 5.04. The Morgan fingerprint density at radius 3 is 2.50 bits per heavy atom. The summed E-state index contributed by atoms with van der Waals surface area (Å²) in [5, 5.41) is 18.6. The number of nitrogens with one attached hydrogen (secondary N) is 2. The minimum Gasteiger partial charge on any atom is -0.382 e. The molecule has 0 aliphatic heterocycles. The highest BCUT2D eigenvalue weighted by Crippen LogP contribution is 2.33. The van der Waals surface area contributed by atoms with Crippen molar-refractivity contribution in [2.45, 2.75) is 38.6 Å². The van der Waals surface area contributed by atoms with Gasteiger partial charge in [-0.2, -0.15) is 0 Å². The molecule has 0 bridgehead atoms. The van der Waals surface area contributed by atoms with Crippen molar-refractivity contribution >= 4 is 45.1 Å². The number of benzene rings is 1. The van der Waals surface area contributed by atoms with Crippen molar-refractivity contribution in [3.63, 3.8) is 0 Å². The SMILES string of the molecule is CC1CCC(Nc2ccc(Nc3nnc(-c4cc(C(N)=O)cs4)s3)cc2)CC1. The lowest BCUT2D eigenvalue weighted by atomic mass is 9.87. The zero-order valence-corrected chi connectivity index (χ0v) is 17.3. The number of aromatic nitrogens is 2. The van der Waals surface area contributed by atoms with Gasteiger partial charge in [-0.05, 0) is 61.9 Å². The zero-order valence-electron chi connectivity index (χ0n) is 15.6. The number of hydrogen-bond donors (Lipinski definition) is 3. The molecular weight excluding hydrogens is 390 g/mol. The molecule has 4 rings (SSSR count). The summed E-state index contributed by atoms with van der Waals surface area (Å²) in [6, 6.07) is 10.6. The minimum absolute atomic E-state index is 0.429. The molecule has 6 nitrogen and oxygen atoms in total. The number of carbonyl (C=O) groups excluding carboxylic acids is 1. The predicted molar refractivity (Wildman–Crippen MR) is 117 cm³/mol. The molecule has 1 aliphatic rings. The Morgan fingerprint density at radius 2 is 1.82 bits per heavy atom. The van der Waals surface area contributed by atoms with Gasteiger partial charge in [0, 0.05) is 22.8 Å². The van der Waals surface area contributed by atoms with Crippen molar-refractivity contribution in [1.29, 1.82) is 0 Å². The van der Waals surface area contributed by atoms with Crippen LogP contribution < -0.4 is 16.4 Å². The largest absolute Gasteiger partial charge is 0.382 e. The summed E-state index contributed by atoms with van der Waals surface area (Å²) in [4.78, 5) is 12.1. The molecule has 2 aromatic heterocycles. The van der Waals surface area contributed by atoms with Gasteiger partial charge in [0.15, 0.2) is 5.01 Å². The van der Waals surface area contributed by atoms with Crippen molar-refractivity contribution in [2.24, 2.45) is 11.7 Å². The number of primary amides is 1. The Labute approximate surface area is 172 Å². The van der Waals surface area contributed by atoms with Crippen LogP contribution in [0.5, 0.6) is 0 Å². The van der Waals surface area contributed by atoms with Crippen molar-refractivity contribution in [2.75, 3.05) is 10.6 Å². The fourth-order valence-corrected chi connectivity index (χ4v) is 5.08. The third-order valence-corrected chi connectivity index (χ3v) is 6.98. The summed E-state index contributed by atoms with van der Waals surface area (Å²) in [6.07, 6.45) is 5.10. The van der Waals surface area contributed by atoms with Crippen LogP contribution in [0.25, 0.3) is 9.88 Å². The quantitative estimate of drug-likeness (QED) is 0.523. The van der Waals surface area contributed by atoms with Crippen molar-refractivity contribution in [3.8, 4) is 9.88 Å². The molecule has 0 unspecified atom stereocenters. The lowest BCUT2D eigenvalue weighted by Crippen LogP contribution is -2.25. The number of thiophene rings is 1. The van der Waals surface area contributed by atoms with Crippen LogP contribution in [0.2, 0.25) is 0 Å². The monoisotopic (exact) mass is 413 g/mol. The minimum atomic E-state index is -0.429. The highest BCUT2D eigenvalue weighted by atomic mass is 32.1. The van der Waals surface area contributed by atoms with Crippen LogP contribution in [0.3, 0.4) is 0 Å². The van der Waals surface area contributed by atoms with Crippen LogP contribution in [0, 0.1) is 5.92 Å². The first-order chi connectivity index (χ1) is 13.6. The molecule has 1 aliphatic carbocycles. The van der Waals surface area contributed by atoms with Crippen LogP contribution in [0.1, 0.15) is 43.0 Å². The molecule has 1 aromatic carbocycles. The van der Waals surface area contributed by atoms with Gasteiger partial charge in [-0.1, -0.05) is 18.3 Å². The Balaban J connectivity index is 1.36. The Hall–Kier alpha value is -2.45. The second-order valence-corrected chi connectivity index (χ2v) is 9.17. The molecule has 1 saturated carbocycles. The normalized spacial score (nSPS) is 19.3. The fraction of sp³-hybridized carbons (Fsp3) is 0.350. The van der Waals surface area contributed by atoms with Gasteiger partial charge in [0.1, 0.15) is 0 Å². The number of amides is 1. The van der Waals surface area contributed by atoms with E-state index in [0.29, 0.717) is 16.7 Å². The first kappa shape index (κ1) is 18.9. The van der Waals surface area contributed by atoms with Crippen LogP contribution in [0.4, 0.5) is 16.5 Å². The summed E-state index contributed by atoms with van der Waals surface area (Å²) >= 11 is 2.89. The predicted octanol–water partition coefficient (Wildman–Crippen LogP) is 5.10. The maximum atomic E-state index is 11.2. The number of rotatable bonds is 6. The highest BCUT2D eigenvalue weighted by Gasteiger charge is 2.17. The first-order valence-corrected chi connectivity index (χ1v) is 11.1. The van der Waals surface area contributed by atoms with Crippen LogP contribution in [-0.4, -0.2) is 22.1 Å². The highest BCUT2D eigenvalue weighted by molar-refractivity contribution is 7.23. The summed E-state index contributed by atoms with van der Waals surface area (Å²) in [5.41, 5.74) is 7.93. The lowest BCUT2D eigenvalue weighted by Gasteiger charge is -2.27. The van der Waals surface area contributed by atoms with Gasteiger partial charge in [-0.15, -0.1) is 21.5 Å². The molecule has 0 spiro atoms. The molecular formula is C20H23N5OS2. The number of hydrogen-bond acceptors (Lipinski definition) is 7. The summed E-state index contributed by atoms with van der Waals surface area (Å²) < 4.78 is 0. The molecule has 2 heterocycles. The maximum absolute atomic E-state index is 11.2. The van der Waals surface area contributed by atoms with Gasteiger partial charge in [-0.25, -0.2) is 0 Å². The van der Waals surface area contributed by atoms with E-state index in [1.807, 2.05) is 12.1 Å². The molecule has 146 valence electrons. The standard InChI is InChI=1S/C20H23N5OS2/c1-12-2-4-14(5-3-12)22-15-6-8-16(9-7-15)23-20-25-24-19(28-20)17-10-13(11-27-17)18(21)26/h6-12,14,22H,2-5H2,1H3,(H2,21,26)(H,23,25). The van der Waals surface area contributed by atoms with E-state index < -0.39 is 5.91 Å². The van der Waals surface area contributed by atoms with Crippen LogP contribution >= 0.6 is 22.7 Å². The van der Waals surface area contributed by atoms with Gasteiger partial charge in [0.05, 0.1) is 10.4 Å². The van der Waals surface area contributed by atoms with E-state index in [4.69, 9.17) is 5.73 Å². The van der Waals surface area contributed by atoms with Gasteiger partial charge in [0.2, 0.25) is 11.0 Å². The van der Waals surface area contributed by atoms with Gasteiger partial charge >= 0.3 is 0 Å². The Kier molecular flexibility index (Phi) is 5.59. The molecule has 8 heteroatoms. The third kappa shape index (κ3) is 4.51. The first-order valence-electron chi connectivity index (χ1n) is 9.42. The zero-order chi connectivity index (χ0) is 19.5. The van der Waals surface area contributed by atoms with Gasteiger partial charge in [0.25, 0.3) is 0 Å². The average molecular weight is 414 g/mol. The molecule has 0 saturated heterocycles. The molecule has 0 atom stereocenters. The van der Waals surface area contributed by atoms with E-state index in [1.165, 1.54) is 48.4 Å². The van der Waals surface area contributed by atoms with Crippen molar-refractivity contribution in [1.82, 2.24) is 10.2 Å².